The van der Waals surface area contributed by atoms with Gasteiger partial charge in [-0.1, -0.05) is 0 Å². The van der Waals surface area contributed by atoms with E-state index in [2.05, 4.69) is 36.6 Å². The second-order valence-electron chi connectivity index (χ2n) is 3.82. The Labute approximate surface area is 136 Å². The molecule has 108 valence electrons. The maximum Gasteiger partial charge on any atom is 0.243 e. The summed E-state index contributed by atoms with van der Waals surface area (Å²) in [5.41, 5.74) is 5.75. The molecular formula is C11H9Br2FN2O2S2. The average molecular weight is 444 g/mol. The van der Waals surface area contributed by atoms with Crippen molar-refractivity contribution < 1.29 is 12.8 Å². The fraction of sp³-hybridized carbons (Fsp3) is 0.0909. The van der Waals surface area contributed by atoms with Gasteiger partial charge in [-0.2, -0.15) is 0 Å². The predicted molar refractivity (Wildman–Crippen MR) is 84.6 cm³/mol. The Balaban J connectivity index is 2.27. The lowest BCUT2D eigenvalue weighted by Gasteiger charge is -2.09. The van der Waals surface area contributed by atoms with Gasteiger partial charge in [-0.05, 0) is 55.4 Å². The normalized spacial score (nSPS) is 11.8. The first kappa shape index (κ1) is 15.9. The van der Waals surface area contributed by atoms with Gasteiger partial charge in [-0.3, -0.25) is 0 Å². The maximum absolute atomic E-state index is 13.8. The largest absolute Gasteiger partial charge is 0.398 e. The minimum atomic E-state index is -3.96. The van der Waals surface area contributed by atoms with Crippen molar-refractivity contribution in [1.82, 2.24) is 4.72 Å². The Morgan fingerprint density at radius 1 is 1.30 bits per heavy atom. The number of nitrogen functional groups attached to an aromatic ring is 1. The summed E-state index contributed by atoms with van der Waals surface area (Å²) in [5.74, 6) is -0.858. The first-order chi connectivity index (χ1) is 9.31. The van der Waals surface area contributed by atoms with Crippen LogP contribution in [-0.4, -0.2) is 8.42 Å². The molecule has 0 fully saturated rings. The number of rotatable bonds is 4. The summed E-state index contributed by atoms with van der Waals surface area (Å²) in [6.07, 6.45) is 0. The lowest BCUT2D eigenvalue weighted by atomic mass is 10.3. The summed E-state index contributed by atoms with van der Waals surface area (Å²) in [4.78, 5) is 0.338. The molecule has 0 saturated heterocycles. The molecule has 20 heavy (non-hydrogen) atoms. The van der Waals surface area contributed by atoms with E-state index in [0.717, 1.165) is 21.5 Å². The number of nitrogens with two attached hydrogens (primary N) is 1. The third kappa shape index (κ3) is 3.40. The molecule has 0 spiro atoms. The molecule has 2 rings (SSSR count). The highest BCUT2D eigenvalue weighted by Crippen LogP contribution is 2.27. The van der Waals surface area contributed by atoms with Crippen LogP contribution in [0.4, 0.5) is 10.1 Å². The van der Waals surface area contributed by atoms with Crippen LogP contribution in [0.1, 0.15) is 4.88 Å². The van der Waals surface area contributed by atoms with E-state index in [1.165, 1.54) is 11.3 Å². The topological polar surface area (TPSA) is 72.2 Å². The number of benzene rings is 1. The molecule has 1 aromatic carbocycles. The Morgan fingerprint density at radius 3 is 2.60 bits per heavy atom. The molecule has 0 bridgehead atoms. The van der Waals surface area contributed by atoms with Crippen LogP contribution in [0.25, 0.3) is 0 Å². The van der Waals surface area contributed by atoms with Gasteiger partial charge in [0.25, 0.3) is 0 Å². The fourth-order valence-electron chi connectivity index (χ4n) is 1.44. The molecule has 0 aliphatic heterocycles. The number of sulfonamides is 1. The molecule has 0 radical (unpaired) electrons. The summed E-state index contributed by atoms with van der Waals surface area (Å²) in [5, 5.41) is 1.83. The van der Waals surface area contributed by atoms with Crippen LogP contribution < -0.4 is 10.5 Å². The number of hydrogen-bond donors (Lipinski definition) is 2. The zero-order chi connectivity index (χ0) is 14.9. The predicted octanol–water partition coefficient (Wildman–Crippen LogP) is 3.47. The highest BCUT2D eigenvalue weighted by molar-refractivity contribution is 9.11. The van der Waals surface area contributed by atoms with Gasteiger partial charge >= 0.3 is 0 Å². The van der Waals surface area contributed by atoms with Crippen molar-refractivity contribution >= 4 is 58.9 Å². The molecule has 1 heterocycles. The first-order valence-corrected chi connectivity index (χ1v) is 9.22. The summed E-state index contributed by atoms with van der Waals surface area (Å²) in [6, 6.07) is 3.93. The molecule has 0 unspecified atom stereocenters. The molecule has 9 heteroatoms. The highest BCUT2D eigenvalue weighted by atomic mass is 79.9. The number of thiophene rings is 1. The van der Waals surface area contributed by atoms with Gasteiger partial charge in [0.2, 0.25) is 10.0 Å². The molecule has 0 saturated carbocycles. The van der Waals surface area contributed by atoms with E-state index in [1.807, 2.05) is 11.4 Å². The number of hydrogen-bond acceptors (Lipinski definition) is 4. The van der Waals surface area contributed by atoms with Crippen LogP contribution in [-0.2, 0) is 16.6 Å². The number of halogens is 3. The first-order valence-electron chi connectivity index (χ1n) is 5.27. The smallest absolute Gasteiger partial charge is 0.243 e. The van der Waals surface area contributed by atoms with E-state index >= 15 is 0 Å². The minimum absolute atomic E-state index is 0.0794. The molecule has 2 aromatic rings. The van der Waals surface area contributed by atoms with Crippen LogP contribution in [0.2, 0.25) is 0 Å². The Morgan fingerprint density at radius 2 is 2.00 bits per heavy atom. The van der Waals surface area contributed by atoms with Crippen molar-refractivity contribution in [2.24, 2.45) is 0 Å². The van der Waals surface area contributed by atoms with Crippen LogP contribution in [0.3, 0.4) is 0 Å². The maximum atomic E-state index is 13.8. The SMILES string of the molecule is Nc1cc(S(=O)(=O)NCc2sccc2Br)c(F)cc1Br. The lowest BCUT2D eigenvalue weighted by molar-refractivity contribution is 0.557. The van der Waals surface area contributed by atoms with Crippen LogP contribution in [0, 0.1) is 5.82 Å². The fourth-order valence-corrected chi connectivity index (χ4v) is 4.37. The van der Waals surface area contributed by atoms with Crippen LogP contribution in [0.15, 0.2) is 37.4 Å². The minimum Gasteiger partial charge on any atom is -0.398 e. The number of anilines is 1. The summed E-state index contributed by atoms with van der Waals surface area (Å²) in [7, 11) is -3.96. The van der Waals surface area contributed by atoms with Crippen molar-refractivity contribution in [2.45, 2.75) is 11.4 Å². The molecule has 0 aliphatic carbocycles. The van der Waals surface area contributed by atoms with Crippen molar-refractivity contribution in [1.29, 1.82) is 0 Å². The lowest BCUT2D eigenvalue weighted by Crippen LogP contribution is -2.24. The molecule has 1 aromatic heterocycles. The van der Waals surface area contributed by atoms with Gasteiger partial charge in [0.05, 0.1) is 0 Å². The number of nitrogens with one attached hydrogen (secondary N) is 1. The third-order valence-corrected chi connectivity index (χ3v) is 6.48. The standard InChI is InChI=1S/C11H9Br2FN2O2S2/c12-6-1-2-19-10(6)5-16-20(17,18)11-4-9(15)7(13)3-8(11)14/h1-4,16H,5,15H2. The zero-order valence-corrected chi connectivity index (χ0v) is 14.7. The van der Waals surface area contributed by atoms with E-state index in [4.69, 9.17) is 5.73 Å². The Kier molecular flexibility index (Phi) is 4.85. The van der Waals surface area contributed by atoms with Gasteiger partial charge in [0.1, 0.15) is 10.7 Å². The average Bonchev–Trinajstić information content (AvgIpc) is 2.77. The van der Waals surface area contributed by atoms with Crippen molar-refractivity contribution in [3.63, 3.8) is 0 Å². The van der Waals surface area contributed by atoms with Crippen molar-refractivity contribution in [3.8, 4) is 0 Å². The Bertz CT molecular complexity index is 747. The summed E-state index contributed by atoms with van der Waals surface area (Å²) < 4.78 is 41.4. The molecule has 0 aliphatic rings. The van der Waals surface area contributed by atoms with E-state index in [9.17, 15) is 12.8 Å². The molecule has 4 nitrogen and oxygen atoms in total. The highest BCUT2D eigenvalue weighted by Gasteiger charge is 2.21. The van der Waals surface area contributed by atoms with E-state index < -0.39 is 20.7 Å². The molecule has 0 atom stereocenters. The molecular weight excluding hydrogens is 435 g/mol. The van der Waals surface area contributed by atoms with Crippen molar-refractivity contribution in [2.75, 3.05) is 5.73 Å². The second kappa shape index (κ2) is 6.10. The van der Waals surface area contributed by atoms with Crippen molar-refractivity contribution in [3.05, 3.63) is 43.2 Å². The van der Waals surface area contributed by atoms with E-state index in [1.54, 1.807) is 0 Å². The van der Waals surface area contributed by atoms with Gasteiger partial charge in [-0.15, -0.1) is 11.3 Å². The third-order valence-electron chi connectivity index (χ3n) is 2.45. The quantitative estimate of drug-likeness (QED) is 0.710. The summed E-state index contributed by atoms with van der Waals surface area (Å²) in [6.45, 7) is 0.0794. The molecule has 0 amide bonds. The zero-order valence-electron chi connectivity index (χ0n) is 9.86. The Hall–Kier alpha value is -0.480. The van der Waals surface area contributed by atoms with Gasteiger partial charge in [-0.25, -0.2) is 17.5 Å². The second-order valence-corrected chi connectivity index (χ2v) is 8.27. The van der Waals surface area contributed by atoms with Gasteiger partial charge in [0.15, 0.2) is 0 Å². The van der Waals surface area contributed by atoms with Gasteiger partial charge in [0, 0.05) is 26.1 Å². The summed E-state index contributed by atoms with van der Waals surface area (Å²) >= 11 is 7.74. The van der Waals surface area contributed by atoms with E-state index in [0.29, 0.717) is 4.47 Å². The van der Waals surface area contributed by atoms with Crippen LogP contribution in [0.5, 0.6) is 0 Å². The van der Waals surface area contributed by atoms with Crippen LogP contribution >= 0.6 is 43.2 Å². The van der Waals surface area contributed by atoms with E-state index in [-0.39, 0.29) is 12.2 Å². The molecule has 3 N–H and O–H groups in total. The monoisotopic (exact) mass is 442 g/mol. The van der Waals surface area contributed by atoms with Gasteiger partial charge < -0.3 is 5.73 Å².